The third-order valence-electron chi connectivity index (χ3n) is 7.50. The van der Waals surface area contributed by atoms with Crippen LogP contribution in [0.2, 0.25) is 0 Å². The van der Waals surface area contributed by atoms with Crippen LogP contribution in [0.4, 0.5) is 0 Å². The first-order chi connectivity index (χ1) is 18.6. The van der Waals surface area contributed by atoms with Crippen LogP contribution < -0.4 is 4.74 Å². The van der Waals surface area contributed by atoms with Gasteiger partial charge in [-0.25, -0.2) is 0 Å². The van der Waals surface area contributed by atoms with E-state index in [4.69, 9.17) is 4.74 Å². The molecule has 0 fully saturated rings. The number of thioether (sulfide) groups is 2. The van der Waals surface area contributed by atoms with Gasteiger partial charge in [0.2, 0.25) is 0 Å². The molecule has 0 atom stereocenters. The van der Waals surface area contributed by atoms with E-state index in [1.54, 1.807) is 23.5 Å². The maximum atomic E-state index is 11.3. The molecule has 0 saturated heterocycles. The fourth-order valence-corrected chi connectivity index (χ4v) is 7.31. The molecule has 4 aromatic rings. The largest absolute Gasteiger partial charge is 0.664 e. The molecule has 5 heteroatoms. The van der Waals surface area contributed by atoms with E-state index in [-0.39, 0.29) is 32.5 Å². The molecule has 0 unspecified atom stereocenters. The minimum Gasteiger partial charge on any atom is -0.664 e. The smallest absolute Gasteiger partial charge is 0.133 e. The number of hydrogen-bond acceptors (Lipinski definition) is 4. The van der Waals surface area contributed by atoms with Crippen molar-refractivity contribution in [3.05, 3.63) is 125 Å². The molecule has 0 bridgehead atoms. The summed E-state index contributed by atoms with van der Waals surface area (Å²) in [7, 11) is 3.82. The summed E-state index contributed by atoms with van der Waals surface area (Å²) in [6, 6.07) is 29.5. The van der Waals surface area contributed by atoms with Gasteiger partial charge in [-0.3, -0.25) is 0 Å². The van der Waals surface area contributed by atoms with Gasteiger partial charge >= 0.3 is 0 Å². The number of aromatic hydroxyl groups is 1. The monoisotopic (exact) mass is 603 g/mol. The quantitative estimate of drug-likeness (QED) is 0.0846. The van der Waals surface area contributed by atoms with Crippen molar-refractivity contribution >= 4 is 23.5 Å². The number of aryl methyl sites for hydroxylation is 2. The first-order valence-electron chi connectivity index (χ1n) is 13.3. The summed E-state index contributed by atoms with van der Waals surface area (Å²) in [6.07, 6.45) is 0. The first-order valence-corrected chi connectivity index (χ1v) is 15.3. The van der Waals surface area contributed by atoms with Crippen molar-refractivity contribution in [3.8, 4) is 11.5 Å². The van der Waals surface area contributed by atoms with Crippen LogP contribution in [0, 0.1) is 21.0 Å². The topological polar surface area (TPSA) is 29.5 Å². The van der Waals surface area contributed by atoms with E-state index in [0.717, 1.165) is 43.7 Å². The van der Waals surface area contributed by atoms with Gasteiger partial charge in [-0.05, 0) is 48.2 Å². The maximum absolute atomic E-state index is 11.3. The minimum absolute atomic E-state index is 0. The van der Waals surface area contributed by atoms with Crippen molar-refractivity contribution < 1.29 is 31.6 Å². The van der Waals surface area contributed by atoms with Crippen molar-refractivity contribution in [3.63, 3.8) is 0 Å². The molecule has 0 radical (unpaired) electrons. The van der Waals surface area contributed by atoms with Gasteiger partial charge in [0.1, 0.15) is 11.5 Å². The zero-order valence-corrected chi connectivity index (χ0v) is 27.6. The summed E-state index contributed by atoms with van der Waals surface area (Å²) in [6.45, 7) is 13.1. The van der Waals surface area contributed by atoms with Crippen LogP contribution in [0.1, 0.15) is 61.1 Å². The summed E-state index contributed by atoms with van der Waals surface area (Å²) in [4.78, 5) is 2.03. The number of ether oxygens (including phenoxy) is 1. The fraction of sp³-hybridized carbons (Fsp3) is 0.286. The van der Waals surface area contributed by atoms with Crippen LogP contribution in [-0.2, 0) is 32.5 Å². The van der Waals surface area contributed by atoms with Crippen molar-refractivity contribution in [1.82, 2.24) is 0 Å². The molecule has 0 aliphatic rings. The molecule has 40 heavy (non-hydrogen) atoms. The Morgan fingerprint density at radius 2 is 1.10 bits per heavy atom. The molecular weight excluding hydrogens is 564 g/mol. The fourth-order valence-electron chi connectivity index (χ4n) is 5.12. The molecule has 0 saturated carbocycles. The zero-order chi connectivity index (χ0) is 28.2. The molecule has 0 spiro atoms. The van der Waals surface area contributed by atoms with Crippen molar-refractivity contribution in [2.24, 2.45) is 0 Å². The normalized spacial score (nSPS) is 11.7. The molecule has 0 aliphatic carbocycles. The van der Waals surface area contributed by atoms with Crippen LogP contribution in [0.5, 0.6) is 11.5 Å². The average molecular weight is 604 g/mol. The summed E-state index contributed by atoms with van der Waals surface area (Å²) in [5, 5.41) is 11.3. The average Bonchev–Trinajstić information content (AvgIpc) is 2.93. The third-order valence-corrected chi connectivity index (χ3v) is 9.81. The molecular formula is C35H39O2S2Ti-. The second kappa shape index (κ2) is 13.7. The molecule has 2 nitrogen and oxygen atoms in total. The van der Waals surface area contributed by atoms with Crippen LogP contribution >= 0.6 is 23.5 Å². The molecule has 0 aliphatic heterocycles. The van der Waals surface area contributed by atoms with E-state index < -0.39 is 0 Å². The molecule has 208 valence electrons. The minimum atomic E-state index is -0.300. The van der Waals surface area contributed by atoms with Gasteiger partial charge in [-0.1, -0.05) is 100 Å². The van der Waals surface area contributed by atoms with Crippen molar-refractivity contribution in [2.75, 3.05) is 11.5 Å². The summed E-state index contributed by atoms with van der Waals surface area (Å²) in [5.41, 5.74) is 6.36. The molecule has 4 aromatic carbocycles. The van der Waals surface area contributed by atoms with E-state index in [1.165, 1.54) is 16.7 Å². The van der Waals surface area contributed by atoms with Crippen LogP contribution in [0.15, 0.2) is 94.7 Å². The Bertz CT molecular complexity index is 1420. The Kier molecular flexibility index (Phi) is 11.1. The van der Waals surface area contributed by atoms with Crippen LogP contribution in [-0.4, -0.2) is 16.6 Å². The van der Waals surface area contributed by atoms with Gasteiger partial charge in [0.15, 0.2) is 0 Å². The molecule has 0 heterocycles. The van der Waals surface area contributed by atoms with Gasteiger partial charge in [0, 0.05) is 65.0 Å². The summed E-state index contributed by atoms with van der Waals surface area (Å²) >= 11 is 3.48. The van der Waals surface area contributed by atoms with Gasteiger partial charge in [-0.2, -0.15) is 7.11 Å². The second-order valence-electron chi connectivity index (χ2n) is 11.1. The third kappa shape index (κ3) is 7.02. The Balaban J connectivity index is 0.00000441. The predicted molar refractivity (Wildman–Crippen MR) is 169 cm³/mol. The van der Waals surface area contributed by atoms with Crippen LogP contribution in [0.25, 0.3) is 0 Å². The maximum Gasteiger partial charge on any atom is 0.133 e. The Morgan fingerprint density at radius 3 is 1.60 bits per heavy atom. The van der Waals surface area contributed by atoms with E-state index in [2.05, 4.69) is 121 Å². The van der Waals surface area contributed by atoms with Gasteiger partial charge in [0.05, 0.1) is 0 Å². The first kappa shape index (κ1) is 32.4. The van der Waals surface area contributed by atoms with Crippen molar-refractivity contribution in [2.45, 2.75) is 62.2 Å². The molecule has 0 amide bonds. The number of phenols is 1. The van der Waals surface area contributed by atoms with E-state index in [9.17, 15) is 5.11 Å². The summed E-state index contributed by atoms with van der Waals surface area (Å²) < 4.78 is 5.77. The number of phenolic OH excluding ortho intramolecular Hbond substituents is 1. The van der Waals surface area contributed by atoms with Gasteiger partial charge in [-0.15, -0.1) is 23.5 Å². The number of hydrogen-bond donors (Lipinski definition) is 1. The van der Waals surface area contributed by atoms with Gasteiger partial charge in [0.25, 0.3) is 0 Å². The second-order valence-corrected chi connectivity index (χ2v) is 13.4. The van der Waals surface area contributed by atoms with Crippen molar-refractivity contribution in [1.29, 1.82) is 0 Å². The molecule has 1 N–H and O–H groups in total. The standard InChI is InChI=1S/C35H39O2S2.Ti/c1-24-20-28(34(3,4)26-14-10-8-11-15-26)32(36)30(22-24)38-18-19-39-31-23-25(2)21-29(33(31)37-7)35(5,6)27-16-12-9-13-17-27;/h8-17,20-23,36H,7,18-19H2,1-6H3;/q-1;. The SMILES string of the molecule is [CH2-]Oc1c(SCCSc2cc(C)cc(C(C)(C)c3ccccc3)c2O)cc(C)cc1C(C)(C)c1ccccc1.[Ti]. The Morgan fingerprint density at radius 1 is 0.675 bits per heavy atom. The predicted octanol–water partition coefficient (Wildman–Crippen LogP) is 9.71. The number of rotatable bonds is 10. The van der Waals surface area contributed by atoms with Gasteiger partial charge < -0.3 is 9.84 Å². The summed E-state index contributed by atoms with van der Waals surface area (Å²) in [5.74, 6) is 2.96. The number of benzene rings is 4. The van der Waals surface area contributed by atoms with E-state index in [1.807, 2.05) is 12.1 Å². The van der Waals surface area contributed by atoms with Crippen LogP contribution in [0.3, 0.4) is 0 Å². The molecule has 4 rings (SSSR count). The Labute approximate surface area is 264 Å². The van der Waals surface area contributed by atoms with E-state index >= 15 is 0 Å². The Hall–Kier alpha value is -2.11. The molecule has 0 aromatic heterocycles. The van der Waals surface area contributed by atoms with E-state index in [0.29, 0.717) is 5.75 Å². The zero-order valence-electron chi connectivity index (χ0n) is 24.4.